The van der Waals surface area contributed by atoms with E-state index in [1.165, 1.54) is 0 Å². The topological polar surface area (TPSA) is 101 Å². The Bertz CT molecular complexity index is 1070. The molecule has 3 aromatic rings. The van der Waals surface area contributed by atoms with Gasteiger partial charge in [-0.1, -0.05) is 60.7 Å². The van der Waals surface area contributed by atoms with Crippen molar-refractivity contribution < 1.29 is 13.2 Å². The number of carbonyl (C=O) groups is 1. The van der Waals surface area contributed by atoms with Crippen molar-refractivity contribution in [2.24, 2.45) is 0 Å². The second-order valence-corrected chi connectivity index (χ2v) is 9.00. The molecule has 2 aromatic carbocycles. The number of sulfonamides is 1. The standard InChI is InChI=1S/C19H20N4O3S2/c1-3-16(15-12-8-7-9-13(15)2)23-28(25,26)19-22-21-18(27-19)20-17(24)14-10-5-4-6-11-14/h4-12,16,23H,3H2,1-2H3,(H,20,21,24)/t16-/m1/s1. The fraction of sp³-hybridized carbons (Fsp3) is 0.211. The van der Waals surface area contributed by atoms with Crippen molar-refractivity contribution in [3.63, 3.8) is 0 Å². The van der Waals surface area contributed by atoms with Gasteiger partial charge in [-0.15, -0.1) is 10.2 Å². The molecule has 9 heteroatoms. The van der Waals surface area contributed by atoms with Crippen LogP contribution in [0.15, 0.2) is 58.9 Å². The molecular weight excluding hydrogens is 396 g/mol. The van der Waals surface area contributed by atoms with E-state index in [4.69, 9.17) is 0 Å². The lowest BCUT2D eigenvalue weighted by molar-refractivity contribution is 0.102. The molecule has 2 N–H and O–H groups in total. The fourth-order valence-electron chi connectivity index (χ4n) is 2.71. The second-order valence-electron chi connectivity index (χ2n) is 6.13. The molecule has 1 aromatic heterocycles. The molecule has 28 heavy (non-hydrogen) atoms. The van der Waals surface area contributed by atoms with Gasteiger partial charge >= 0.3 is 0 Å². The third kappa shape index (κ3) is 4.61. The van der Waals surface area contributed by atoms with Gasteiger partial charge in [0.1, 0.15) is 0 Å². The van der Waals surface area contributed by atoms with Crippen molar-refractivity contribution in [3.05, 3.63) is 71.3 Å². The Balaban J connectivity index is 1.76. The molecule has 1 heterocycles. The third-order valence-electron chi connectivity index (χ3n) is 4.16. The summed E-state index contributed by atoms with van der Waals surface area (Å²) in [6, 6.07) is 15.8. The van der Waals surface area contributed by atoms with Gasteiger partial charge in [-0.25, -0.2) is 13.1 Å². The Morgan fingerprint density at radius 2 is 1.75 bits per heavy atom. The molecule has 0 spiro atoms. The lowest BCUT2D eigenvalue weighted by Crippen LogP contribution is -2.28. The first-order chi connectivity index (χ1) is 13.4. The van der Waals surface area contributed by atoms with Crippen LogP contribution < -0.4 is 10.0 Å². The minimum absolute atomic E-state index is 0.123. The van der Waals surface area contributed by atoms with Crippen LogP contribution in [0.25, 0.3) is 0 Å². The van der Waals surface area contributed by atoms with E-state index >= 15 is 0 Å². The van der Waals surface area contributed by atoms with E-state index in [1.54, 1.807) is 30.3 Å². The summed E-state index contributed by atoms with van der Waals surface area (Å²) in [6.07, 6.45) is 0.584. The van der Waals surface area contributed by atoms with Gasteiger partial charge in [0.25, 0.3) is 15.9 Å². The van der Waals surface area contributed by atoms with Crippen molar-refractivity contribution in [3.8, 4) is 0 Å². The fourth-order valence-corrected chi connectivity index (χ4v) is 4.92. The monoisotopic (exact) mass is 416 g/mol. The van der Waals surface area contributed by atoms with E-state index in [1.807, 2.05) is 38.1 Å². The van der Waals surface area contributed by atoms with Crippen molar-refractivity contribution in [1.82, 2.24) is 14.9 Å². The van der Waals surface area contributed by atoms with E-state index in [0.717, 1.165) is 22.5 Å². The largest absolute Gasteiger partial charge is 0.296 e. The van der Waals surface area contributed by atoms with Gasteiger partial charge in [0, 0.05) is 11.6 Å². The smallest absolute Gasteiger partial charge is 0.270 e. The average molecular weight is 417 g/mol. The molecule has 0 fully saturated rings. The lowest BCUT2D eigenvalue weighted by Gasteiger charge is -2.18. The lowest BCUT2D eigenvalue weighted by atomic mass is 10.0. The molecule has 0 aliphatic heterocycles. The van der Waals surface area contributed by atoms with E-state index in [0.29, 0.717) is 12.0 Å². The molecule has 146 valence electrons. The highest BCUT2D eigenvalue weighted by atomic mass is 32.2. The maximum Gasteiger partial charge on any atom is 0.270 e. The predicted octanol–water partition coefficient (Wildman–Crippen LogP) is 3.53. The number of aromatic nitrogens is 2. The van der Waals surface area contributed by atoms with Crippen LogP contribution in [0.1, 0.15) is 40.9 Å². The summed E-state index contributed by atoms with van der Waals surface area (Å²) >= 11 is 0.810. The Hall–Kier alpha value is -2.62. The minimum atomic E-state index is -3.87. The number of carbonyl (C=O) groups excluding carboxylic acids is 1. The van der Waals surface area contributed by atoms with E-state index < -0.39 is 10.0 Å². The van der Waals surface area contributed by atoms with Crippen LogP contribution in [0.4, 0.5) is 5.13 Å². The zero-order valence-electron chi connectivity index (χ0n) is 15.4. The molecule has 0 radical (unpaired) electrons. The SMILES string of the molecule is CC[C@@H](NS(=O)(=O)c1nnc(NC(=O)c2ccccc2)s1)c1ccccc1C. The van der Waals surface area contributed by atoms with Crippen LogP contribution in [0.5, 0.6) is 0 Å². The quantitative estimate of drug-likeness (QED) is 0.574. The summed E-state index contributed by atoms with van der Waals surface area (Å²) in [5, 5.41) is 10.2. The molecule has 0 aliphatic carbocycles. The third-order valence-corrected chi connectivity index (χ3v) is 6.84. The molecule has 0 saturated carbocycles. The highest BCUT2D eigenvalue weighted by Crippen LogP contribution is 2.25. The van der Waals surface area contributed by atoms with Gasteiger partial charge < -0.3 is 0 Å². The molecule has 0 saturated heterocycles. The van der Waals surface area contributed by atoms with Crippen molar-refractivity contribution in [2.75, 3.05) is 5.32 Å². The zero-order chi connectivity index (χ0) is 20.1. The molecule has 0 bridgehead atoms. The van der Waals surface area contributed by atoms with Crippen LogP contribution in [0, 0.1) is 6.92 Å². The molecule has 0 aliphatic rings. The maximum absolute atomic E-state index is 12.7. The number of nitrogens with zero attached hydrogens (tertiary/aromatic N) is 2. The number of hydrogen-bond donors (Lipinski definition) is 2. The molecule has 1 amide bonds. The summed E-state index contributed by atoms with van der Waals surface area (Å²) in [5.74, 6) is -0.375. The first-order valence-electron chi connectivity index (χ1n) is 8.68. The molecule has 3 rings (SSSR count). The molecule has 7 nitrogen and oxygen atoms in total. The number of anilines is 1. The van der Waals surface area contributed by atoms with Crippen molar-refractivity contribution >= 4 is 32.4 Å². The molecule has 1 atom stereocenters. The first kappa shape index (κ1) is 20.1. The van der Waals surface area contributed by atoms with E-state index in [2.05, 4.69) is 20.2 Å². The van der Waals surface area contributed by atoms with Gasteiger partial charge in [-0.05, 0) is 36.6 Å². The summed E-state index contributed by atoms with van der Waals surface area (Å²) < 4.78 is 28.0. The number of nitrogens with one attached hydrogen (secondary N) is 2. The van der Waals surface area contributed by atoms with Gasteiger partial charge in [-0.2, -0.15) is 0 Å². The second kappa shape index (κ2) is 8.59. The Morgan fingerprint density at radius 3 is 2.43 bits per heavy atom. The average Bonchev–Trinajstić information content (AvgIpc) is 3.17. The number of rotatable bonds is 7. The predicted molar refractivity (Wildman–Crippen MR) is 109 cm³/mol. The van der Waals surface area contributed by atoms with Crippen LogP contribution in [-0.4, -0.2) is 24.5 Å². The first-order valence-corrected chi connectivity index (χ1v) is 11.0. The summed E-state index contributed by atoms with van der Waals surface area (Å²) in [7, 11) is -3.87. The number of amides is 1. The van der Waals surface area contributed by atoms with Crippen molar-refractivity contribution in [1.29, 1.82) is 0 Å². The normalized spacial score (nSPS) is 12.5. The van der Waals surface area contributed by atoms with Crippen LogP contribution in [-0.2, 0) is 10.0 Å². The summed E-state index contributed by atoms with van der Waals surface area (Å²) in [6.45, 7) is 3.85. The Labute approximate surface area is 167 Å². The highest BCUT2D eigenvalue weighted by Gasteiger charge is 2.25. The highest BCUT2D eigenvalue weighted by molar-refractivity contribution is 7.91. The summed E-state index contributed by atoms with van der Waals surface area (Å²) in [4.78, 5) is 12.2. The van der Waals surface area contributed by atoms with Gasteiger partial charge in [0.2, 0.25) is 9.47 Å². The van der Waals surface area contributed by atoms with Crippen LogP contribution in [0.3, 0.4) is 0 Å². The van der Waals surface area contributed by atoms with Crippen molar-refractivity contribution in [2.45, 2.75) is 30.6 Å². The Kier molecular flexibility index (Phi) is 6.18. The zero-order valence-corrected chi connectivity index (χ0v) is 17.0. The van der Waals surface area contributed by atoms with E-state index in [-0.39, 0.29) is 21.4 Å². The molecular formula is C19H20N4O3S2. The molecule has 0 unspecified atom stereocenters. The van der Waals surface area contributed by atoms with Gasteiger partial charge in [0.05, 0.1) is 0 Å². The summed E-state index contributed by atoms with van der Waals surface area (Å²) in [5.41, 5.74) is 2.37. The van der Waals surface area contributed by atoms with Gasteiger partial charge in [-0.3, -0.25) is 10.1 Å². The van der Waals surface area contributed by atoms with Crippen LogP contribution in [0.2, 0.25) is 0 Å². The van der Waals surface area contributed by atoms with Gasteiger partial charge in [0.15, 0.2) is 0 Å². The Morgan fingerprint density at radius 1 is 1.07 bits per heavy atom. The number of aryl methyl sites for hydroxylation is 1. The van der Waals surface area contributed by atoms with Crippen LogP contribution >= 0.6 is 11.3 Å². The van der Waals surface area contributed by atoms with E-state index in [9.17, 15) is 13.2 Å². The maximum atomic E-state index is 12.7. The number of benzene rings is 2. The number of hydrogen-bond acceptors (Lipinski definition) is 6. The minimum Gasteiger partial charge on any atom is -0.296 e.